The van der Waals surface area contributed by atoms with E-state index in [1.807, 2.05) is 37.3 Å². The first kappa shape index (κ1) is 12.6. The smallest absolute Gasteiger partial charge is 0.158 e. The van der Waals surface area contributed by atoms with Gasteiger partial charge < -0.3 is 9.63 Å². The first-order valence-electron chi connectivity index (χ1n) is 6.27. The number of hydrogen-bond acceptors (Lipinski definition) is 5. The van der Waals surface area contributed by atoms with E-state index in [9.17, 15) is 0 Å². The van der Waals surface area contributed by atoms with Crippen molar-refractivity contribution in [3.8, 4) is 11.3 Å². The number of aliphatic hydroxyl groups is 1. The molecule has 0 aliphatic rings. The summed E-state index contributed by atoms with van der Waals surface area (Å²) in [5.41, 5.74) is 3.54. The first-order chi connectivity index (χ1) is 9.74. The standard InChI is InChI=1S/C14H14N4O2/c1-10-2-4-11(5-3-10)14-6-13(20-16-14)8-18-7-12(9-19)15-17-18/h2-7,19H,8-9H2,1H3. The minimum Gasteiger partial charge on any atom is -0.390 e. The van der Waals surface area contributed by atoms with E-state index >= 15 is 0 Å². The number of rotatable bonds is 4. The second-order valence-electron chi connectivity index (χ2n) is 4.61. The van der Waals surface area contributed by atoms with Gasteiger partial charge in [-0.15, -0.1) is 5.10 Å². The predicted octanol–water partition coefficient (Wildman–Crippen LogP) is 1.78. The van der Waals surface area contributed by atoms with Crippen LogP contribution in [0.1, 0.15) is 17.0 Å². The molecule has 0 fully saturated rings. The largest absolute Gasteiger partial charge is 0.390 e. The Balaban J connectivity index is 1.78. The molecule has 20 heavy (non-hydrogen) atoms. The van der Waals surface area contributed by atoms with Crippen LogP contribution in [0.25, 0.3) is 11.3 Å². The Morgan fingerprint density at radius 1 is 1.25 bits per heavy atom. The van der Waals surface area contributed by atoms with E-state index in [0.29, 0.717) is 18.0 Å². The molecule has 2 heterocycles. The Morgan fingerprint density at radius 2 is 2.05 bits per heavy atom. The molecule has 0 unspecified atom stereocenters. The Bertz CT molecular complexity index is 700. The highest BCUT2D eigenvalue weighted by Gasteiger charge is 2.08. The predicted molar refractivity (Wildman–Crippen MR) is 71.7 cm³/mol. The maximum absolute atomic E-state index is 8.94. The monoisotopic (exact) mass is 270 g/mol. The molecule has 2 aromatic heterocycles. The van der Waals surface area contributed by atoms with Gasteiger partial charge in [-0.05, 0) is 6.92 Å². The van der Waals surface area contributed by atoms with Crippen LogP contribution in [0.3, 0.4) is 0 Å². The van der Waals surface area contributed by atoms with Gasteiger partial charge >= 0.3 is 0 Å². The van der Waals surface area contributed by atoms with Gasteiger partial charge in [0.2, 0.25) is 0 Å². The SMILES string of the molecule is Cc1ccc(-c2cc(Cn3cc(CO)nn3)on2)cc1. The van der Waals surface area contributed by atoms with Crippen molar-refractivity contribution < 1.29 is 9.63 Å². The molecule has 0 amide bonds. The van der Waals surface area contributed by atoms with E-state index in [-0.39, 0.29) is 6.61 Å². The quantitative estimate of drug-likeness (QED) is 0.782. The zero-order valence-electron chi connectivity index (χ0n) is 11.0. The molecule has 1 aromatic carbocycles. The van der Waals surface area contributed by atoms with Crippen LogP contribution in [0, 0.1) is 6.92 Å². The summed E-state index contributed by atoms with van der Waals surface area (Å²) in [7, 11) is 0. The van der Waals surface area contributed by atoms with Crippen molar-refractivity contribution in [3.05, 3.63) is 53.5 Å². The molecule has 3 rings (SSSR count). The van der Waals surface area contributed by atoms with Gasteiger partial charge in [-0.25, -0.2) is 4.68 Å². The topological polar surface area (TPSA) is 77.0 Å². The Morgan fingerprint density at radius 3 is 2.75 bits per heavy atom. The highest BCUT2D eigenvalue weighted by atomic mass is 16.5. The minimum atomic E-state index is -0.120. The summed E-state index contributed by atoms with van der Waals surface area (Å²) in [6.07, 6.45) is 1.67. The van der Waals surface area contributed by atoms with Crippen LogP contribution in [-0.2, 0) is 13.2 Å². The van der Waals surface area contributed by atoms with Crippen LogP contribution in [-0.4, -0.2) is 25.3 Å². The highest BCUT2D eigenvalue weighted by molar-refractivity contribution is 5.59. The van der Waals surface area contributed by atoms with Crippen molar-refractivity contribution in [2.75, 3.05) is 0 Å². The van der Waals surface area contributed by atoms with Crippen LogP contribution in [0.15, 0.2) is 41.1 Å². The molecule has 0 aliphatic carbocycles. The fourth-order valence-corrected chi connectivity index (χ4v) is 1.90. The molecule has 0 spiro atoms. The third-order valence-corrected chi connectivity index (χ3v) is 2.97. The first-order valence-corrected chi connectivity index (χ1v) is 6.27. The van der Waals surface area contributed by atoms with Gasteiger partial charge in [0, 0.05) is 11.6 Å². The van der Waals surface area contributed by atoms with Gasteiger partial charge in [-0.3, -0.25) is 0 Å². The third kappa shape index (κ3) is 2.60. The van der Waals surface area contributed by atoms with Crippen LogP contribution in [0.2, 0.25) is 0 Å². The molecule has 0 saturated heterocycles. The summed E-state index contributed by atoms with van der Waals surface area (Å²) in [6, 6.07) is 9.97. The number of aliphatic hydroxyl groups excluding tert-OH is 1. The Kier molecular flexibility index (Phi) is 3.30. The summed E-state index contributed by atoms with van der Waals surface area (Å²) in [5.74, 6) is 0.690. The molecule has 0 aliphatic heterocycles. The second kappa shape index (κ2) is 5.26. The zero-order chi connectivity index (χ0) is 13.9. The maximum Gasteiger partial charge on any atom is 0.158 e. The van der Waals surface area contributed by atoms with E-state index in [0.717, 1.165) is 11.3 Å². The lowest BCUT2D eigenvalue weighted by Crippen LogP contribution is -1.98. The fourth-order valence-electron chi connectivity index (χ4n) is 1.90. The van der Waals surface area contributed by atoms with Gasteiger partial charge in [0.25, 0.3) is 0 Å². The van der Waals surface area contributed by atoms with E-state index in [1.54, 1.807) is 10.9 Å². The zero-order valence-corrected chi connectivity index (χ0v) is 11.0. The lowest BCUT2D eigenvalue weighted by Gasteiger charge is -1.95. The fraction of sp³-hybridized carbons (Fsp3) is 0.214. The van der Waals surface area contributed by atoms with Crippen LogP contribution >= 0.6 is 0 Å². The van der Waals surface area contributed by atoms with Gasteiger partial charge in [0.05, 0.1) is 12.8 Å². The summed E-state index contributed by atoms with van der Waals surface area (Å²) >= 11 is 0. The molecule has 0 atom stereocenters. The Hall–Kier alpha value is -2.47. The lowest BCUT2D eigenvalue weighted by atomic mass is 10.1. The normalized spacial score (nSPS) is 10.9. The van der Waals surface area contributed by atoms with Crippen molar-refractivity contribution in [1.82, 2.24) is 20.2 Å². The average Bonchev–Trinajstić information content (AvgIpc) is 3.09. The molecule has 6 nitrogen and oxygen atoms in total. The molecule has 0 radical (unpaired) electrons. The molecular formula is C14H14N4O2. The van der Waals surface area contributed by atoms with Crippen molar-refractivity contribution in [1.29, 1.82) is 0 Å². The van der Waals surface area contributed by atoms with Crippen molar-refractivity contribution in [3.63, 3.8) is 0 Å². The van der Waals surface area contributed by atoms with Crippen molar-refractivity contribution in [2.45, 2.75) is 20.1 Å². The van der Waals surface area contributed by atoms with E-state index in [2.05, 4.69) is 15.5 Å². The lowest BCUT2D eigenvalue weighted by molar-refractivity contribution is 0.276. The third-order valence-electron chi connectivity index (χ3n) is 2.97. The Labute approximate surface area is 115 Å². The molecule has 1 N–H and O–H groups in total. The molecule has 0 saturated carbocycles. The van der Waals surface area contributed by atoms with Crippen molar-refractivity contribution in [2.24, 2.45) is 0 Å². The highest BCUT2D eigenvalue weighted by Crippen LogP contribution is 2.19. The molecule has 6 heteroatoms. The van der Waals surface area contributed by atoms with Gasteiger partial charge in [0.1, 0.15) is 17.9 Å². The van der Waals surface area contributed by atoms with Gasteiger partial charge in [-0.2, -0.15) is 0 Å². The maximum atomic E-state index is 8.94. The molecular weight excluding hydrogens is 256 g/mol. The summed E-state index contributed by atoms with van der Waals surface area (Å²) in [6.45, 7) is 2.36. The van der Waals surface area contributed by atoms with E-state index in [1.165, 1.54) is 5.56 Å². The number of benzene rings is 1. The summed E-state index contributed by atoms with van der Waals surface area (Å²) < 4.78 is 6.90. The van der Waals surface area contributed by atoms with Crippen LogP contribution in [0.4, 0.5) is 0 Å². The molecule has 3 aromatic rings. The van der Waals surface area contributed by atoms with Gasteiger partial charge in [0.15, 0.2) is 5.76 Å². The summed E-state index contributed by atoms with van der Waals surface area (Å²) in [5, 5.41) is 20.7. The second-order valence-corrected chi connectivity index (χ2v) is 4.61. The minimum absolute atomic E-state index is 0.120. The van der Waals surface area contributed by atoms with Crippen molar-refractivity contribution >= 4 is 0 Å². The van der Waals surface area contributed by atoms with E-state index < -0.39 is 0 Å². The van der Waals surface area contributed by atoms with Gasteiger partial charge in [-0.1, -0.05) is 40.2 Å². The number of nitrogens with zero attached hydrogens (tertiary/aromatic N) is 4. The van der Waals surface area contributed by atoms with Crippen LogP contribution in [0.5, 0.6) is 0 Å². The number of aromatic nitrogens is 4. The van der Waals surface area contributed by atoms with Crippen LogP contribution < -0.4 is 0 Å². The van der Waals surface area contributed by atoms with E-state index in [4.69, 9.17) is 9.63 Å². The number of hydrogen-bond donors (Lipinski definition) is 1. The number of aryl methyl sites for hydroxylation is 1. The summed E-state index contributed by atoms with van der Waals surface area (Å²) in [4.78, 5) is 0. The molecule has 0 bridgehead atoms. The average molecular weight is 270 g/mol. The molecule has 102 valence electrons.